The molecule has 4 heteroatoms. The molecule has 0 heterocycles. The molecule has 0 saturated heterocycles. The van der Waals surface area contributed by atoms with Gasteiger partial charge in [0.15, 0.2) is 17.6 Å². The van der Waals surface area contributed by atoms with E-state index < -0.39 is 6.10 Å². The highest BCUT2D eigenvalue weighted by Gasteiger charge is 2.21. The third-order valence-corrected chi connectivity index (χ3v) is 2.62. The molecule has 0 bridgehead atoms. The average Bonchev–Trinajstić information content (AvgIpc) is 2.42. The van der Waals surface area contributed by atoms with E-state index in [1.807, 2.05) is 12.1 Å². The molecule has 0 aromatic heterocycles. The minimum absolute atomic E-state index is 0.352. The molecule has 1 unspecified atom stereocenters. The molecule has 0 fully saturated rings. The number of carbonyl (C=O) groups is 1. The summed E-state index contributed by atoms with van der Waals surface area (Å²) in [5, 5.41) is 0. The van der Waals surface area contributed by atoms with Gasteiger partial charge in [-0.25, -0.2) is 4.79 Å². The Morgan fingerprint density at radius 2 is 1.89 bits per heavy atom. The predicted molar refractivity (Wildman–Crippen MR) is 69.0 cm³/mol. The summed E-state index contributed by atoms with van der Waals surface area (Å²) in [5.74, 6) is 0.823. The summed E-state index contributed by atoms with van der Waals surface area (Å²) >= 11 is 0. The Bertz CT molecular complexity index is 376. The molecular formula is C14H20O4. The fraction of sp³-hybridized carbons (Fsp3) is 0.500. The molecule has 0 aliphatic heterocycles. The lowest BCUT2D eigenvalue weighted by molar-refractivity contribution is -0.149. The Morgan fingerprint density at radius 3 is 2.44 bits per heavy atom. The number of methoxy groups -OCH3 is 2. The van der Waals surface area contributed by atoms with Crippen molar-refractivity contribution in [2.24, 2.45) is 0 Å². The van der Waals surface area contributed by atoms with Gasteiger partial charge in [0.05, 0.1) is 14.2 Å². The van der Waals surface area contributed by atoms with Crippen molar-refractivity contribution in [2.45, 2.75) is 32.3 Å². The predicted octanol–water partition coefficient (Wildman–Crippen LogP) is 2.81. The van der Waals surface area contributed by atoms with E-state index >= 15 is 0 Å². The molecule has 0 saturated carbocycles. The largest absolute Gasteiger partial charge is 0.493 e. The van der Waals surface area contributed by atoms with Crippen molar-refractivity contribution >= 4 is 5.97 Å². The Balaban J connectivity index is 2.78. The summed E-state index contributed by atoms with van der Waals surface area (Å²) in [5.41, 5.74) is 0. The van der Waals surface area contributed by atoms with E-state index in [0.717, 1.165) is 12.8 Å². The van der Waals surface area contributed by atoms with Gasteiger partial charge in [0, 0.05) is 0 Å². The minimum atomic E-state index is -0.578. The number of ether oxygens (including phenoxy) is 3. The van der Waals surface area contributed by atoms with Crippen LogP contribution in [-0.2, 0) is 9.53 Å². The van der Waals surface area contributed by atoms with Gasteiger partial charge in [0.1, 0.15) is 0 Å². The van der Waals surface area contributed by atoms with Crippen molar-refractivity contribution in [2.75, 3.05) is 14.2 Å². The highest BCUT2D eigenvalue weighted by Crippen LogP contribution is 2.27. The van der Waals surface area contributed by atoms with Gasteiger partial charge in [-0.15, -0.1) is 0 Å². The zero-order valence-corrected chi connectivity index (χ0v) is 11.1. The lowest BCUT2D eigenvalue weighted by Gasteiger charge is -2.18. The first kappa shape index (κ1) is 14.4. The maximum absolute atomic E-state index is 11.6. The van der Waals surface area contributed by atoms with Crippen LogP contribution in [0.4, 0.5) is 0 Å². The fourth-order valence-corrected chi connectivity index (χ4v) is 1.62. The smallest absolute Gasteiger partial charge is 0.347 e. The van der Waals surface area contributed by atoms with Crippen LogP contribution in [0.15, 0.2) is 24.3 Å². The number of benzene rings is 1. The molecule has 0 spiro atoms. The van der Waals surface area contributed by atoms with Crippen molar-refractivity contribution in [3.8, 4) is 11.5 Å². The molecular weight excluding hydrogens is 232 g/mol. The molecule has 1 aromatic rings. The molecule has 0 aliphatic carbocycles. The minimum Gasteiger partial charge on any atom is -0.493 e. The van der Waals surface area contributed by atoms with Crippen molar-refractivity contribution in [1.82, 2.24) is 0 Å². The van der Waals surface area contributed by atoms with Crippen molar-refractivity contribution < 1.29 is 19.0 Å². The molecule has 1 aromatic carbocycles. The lowest BCUT2D eigenvalue weighted by Crippen LogP contribution is -2.28. The average molecular weight is 252 g/mol. The number of carbonyl (C=O) groups excluding carboxylic acids is 1. The maximum Gasteiger partial charge on any atom is 0.347 e. The lowest BCUT2D eigenvalue weighted by atomic mass is 10.1. The number of para-hydroxylation sites is 2. The van der Waals surface area contributed by atoms with Crippen LogP contribution < -0.4 is 9.47 Å². The normalized spacial score (nSPS) is 11.7. The summed E-state index contributed by atoms with van der Waals surface area (Å²) < 4.78 is 15.6. The maximum atomic E-state index is 11.6. The molecule has 1 atom stereocenters. The standard InChI is InChI=1S/C14H20O4/c1-4-5-8-13(14(15)17-3)18-12-10-7-6-9-11(12)16-2/h6-7,9-10,13H,4-5,8H2,1-3H3. The van der Waals surface area contributed by atoms with Gasteiger partial charge < -0.3 is 14.2 Å². The van der Waals surface area contributed by atoms with Crippen LogP contribution in [0.2, 0.25) is 0 Å². The van der Waals surface area contributed by atoms with Crippen LogP contribution in [0, 0.1) is 0 Å². The first-order valence-corrected chi connectivity index (χ1v) is 6.10. The molecule has 0 radical (unpaired) electrons. The van der Waals surface area contributed by atoms with E-state index in [2.05, 4.69) is 6.92 Å². The first-order chi connectivity index (χ1) is 8.72. The molecule has 0 aliphatic rings. The van der Waals surface area contributed by atoms with Crippen LogP contribution in [0.25, 0.3) is 0 Å². The zero-order valence-electron chi connectivity index (χ0n) is 11.1. The molecule has 4 nitrogen and oxygen atoms in total. The number of unbranched alkanes of at least 4 members (excludes halogenated alkanes) is 1. The molecule has 18 heavy (non-hydrogen) atoms. The van der Waals surface area contributed by atoms with Gasteiger partial charge in [0.2, 0.25) is 0 Å². The van der Waals surface area contributed by atoms with Crippen LogP contribution in [0.5, 0.6) is 11.5 Å². The first-order valence-electron chi connectivity index (χ1n) is 6.10. The Labute approximate surface area is 108 Å². The van der Waals surface area contributed by atoms with E-state index in [9.17, 15) is 4.79 Å². The second kappa shape index (κ2) is 7.58. The third-order valence-electron chi connectivity index (χ3n) is 2.62. The van der Waals surface area contributed by atoms with Gasteiger partial charge in [-0.3, -0.25) is 0 Å². The summed E-state index contributed by atoms with van der Waals surface area (Å²) in [6.07, 6.45) is 1.98. The zero-order chi connectivity index (χ0) is 13.4. The van der Waals surface area contributed by atoms with Gasteiger partial charge >= 0.3 is 5.97 Å². The Kier molecular flexibility index (Phi) is 6.05. The van der Waals surface area contributed by atoms with Gasteiger partial charge in [-0.05, 0) is 25.0 Å². The SMILES string of the molecule is CCCCC(Oc1ccccc1OC)C(=O)OC. The van der Waals surface area contributed by atoms with E-state index in [0.29, 0.717) is 17.9 Å². The van der Waals surface area contributed by atoms with Crippen molar-refractivity contribution in [3.05, 3.63) is 24.3 Å². The molecule has 0 amide bonds. The fourth-order valence-electron chi connectivity index (χ4n) is 1.62. The number of hydrogen-bond acceptors (Lipinski definition) is 4. The topological polar surface area (TPSA) is 44.8 Å². The van der Waals surface area contributed by atoms with Crippen LogP contribution in [0.1, 0.15) is 26.2 Å². The summed E-state index contributed by atoms with van der Waals surface area (Å²) in [7, 11) is 2.94. The number of rotatable bonds is 7. The van der Waals surface area contributed by atoms with Gasteiger partial charge in [-0.2, -0.15) is 0 Å². The second-order valence-corrected chi connectivity index (χ2v) is 3.92. The third kappa shape index (κ3) is 3.95. The Morgan fingerprint density at radius 1 is 1.22 bits per heavy atom. The van der Waals surface area contributed by atoms with E-state index in [1.165, 1.54) is 7.11 Å². The monoisotopic (exact) mass is 252 g/mol. The number of esters is 1. The summed E-state index contributed by atoms with van der Waals surface area (Å²) in [6, 6.07) is 7.26. The van der Waals surface area contributed by atoms with E-state index in [1.54, 1.807) is 19.2 Å². The molecule has 0 N–H and O–H groups in total. The highest BCUT2D eigenvalue weighted by atomic mass is 16.6. The molecule has 100 valence electrons. The number of hydrogen-bond donors (Lipinski definition) is 0. The Hall–Kier alpha value is -1.71. The second-order valence-electron chi connectivity index (χ2n) is 3.92. The van der Waals surface area contributed by atoms with Crippen molar-refractivity contribution in [1.29, 1.82) is 0 Å². The van der Waals surface area contributed by atoms with Gasteiger partial charge in [0.25, 0.3) is 0 Å². The summed E-state index contributed by atoms with van der Waals surface area (Å²) in [6.45, 7) is 2.07. The quantitative estimate of drug-likeness (QED) is 0.700. The van der Waals surface area contributed by atoms with Crippen molar-refractivity contribution in [3.63, 3.8) is 0 Å². The van der Waals surface area contributed by atoms with Gasteiger partial charge in [-0.1, -0.05) is 25.5 Å². The molecule has 1 rings (SSSR count). The van der Waals surface area contributed by atoms with Crippen LogP contribution in [-0.4, -0.2) is 26.3 Å². The summed E-state index contributed by atoms with van der Waals surface area (Å²) in [4.78, 5) is 11.6. The van der Waals surface area contributed by atoms with E-state index in [4.69, 9.17) is 14.2 Å². The van der Waals surface area contributed by atoms with E-state index in [-0.39, 0.29) is 5.97 Å². The van der Waals surface area contributed by atoms with Crippen LogP contribution in [0.3, 0.4) is 0 Å². The highest BCUT2D eigenvalue weighted by molar-refractivity contribution is 5.75. The van der Waals surface area contributed by atoms with Crippen LogP contribution >= 0.6 is 0 Å².